The molecule has 0 heterocycles. The largest absolute Gasteiger partial charge is 0.493 e. The minimum absolute atomic E-state index is 0.0860. The summed E-state index contributed by atoms with van der Waals surface area (Å²) in [7, 11) is 4.64. The minimum atomic E-state index is -0.0860. The molecule has 22 heavy (non-hydrogen) atoms. The van der Waals surface area contributed by atoms with Crippen LogP contribution in [0, 0.1) is 0 Å². The first-order chi connectivity index (χ1) is 10.7. The quantitative estimate of drug-likeness (QED) is 0.433. The summed E-state index contributed by atoms with van der Waals surface area (Å²) >= 11 is 0. The fourth-order valence-corrected chi connectivity index (χ4v) is 1.95. The Hall–Kier alpha value is -2.24. The number of hydrogen-bond donors (Lipinski definition) is 1. The number of hydrazone groups is 1. The van der Waals surface area contributed by atoms with Gasteiger partial charge in [-0.05, 0) is 18.6 Å². The molecule has 6 nitrogen and oxygen atoms in total. The van der Waals surface area contributed by atoms with E-state index in [2.05, 4.69) is 17.5 Å². The Bertz CT molecular complexity index is 490. The summed E-state index contributed by atoms with van der Waals surface area (Å²) in [5, 5.41) is 3.95. The van der Waals surface area contributed by atoms with Gasteiger partial charge in [0.05, 0.1) is 27.5 Å². The average molecular weight is 308 g/mol. The number of nitrogens with one attached hydrogen (secondary N) is 1. The SMILES string of the molecule is CCCCCC(=O)N/N=C\c1cc(OC)c(OC)c(OC)c1. The van der Waals surface area contributed by atoms with Crippen LogP contribution in [0.1, 0.15) is 38.2 Å². The van der Waals surface area contributed by atoms with Crippen molar-refractivity contribution in [3.63, 3.8) is 0 Å². The summed E-state index contributed by atoms with van der Waals surface area (Å²) in [5.74, 6) is 1.51. The molecule has 0 aliphatic carbocycles. The van der Waals surface area contributed by atoms with Gasteiger partial charge in [-0.3, -0.25) is 4.79 Å². The summed E-state index contributed by atoms with van der Waals surface area (Å²) in [5.41, 5.74) is 3.25. The highest BCUT2D eigenvalue weighted by atomic mass is 16.5. The van der Waals surface area contributed by atoms with Crippen molar-refractivity contribution in [3.05, 3.63) is 17.7 Å². The first kappa shape index (κ1) is 17.8. The van der Waals surface area contributed by atoms with E-state index in [9.17, 15) is 4.79 Å². The lowest BCUT2D eigenvalue weighted by atomic mass is 10.2. The Labute approximate surface area is 131 Å². The van der Waals surface area contributed by atoms with E-state index in [-0.39, 0.29) is 5.91 Å². The normalized spacial score (nSPS) is 10.5. The fourth-order valence-electron chi connectivity index (χ4n) is 1.95. The highest BCUT2D eigenvalue weighted by Gasteiger charge is 2.12. The summed E-state index contributed by atoms with van der Waals surface area (Å²) in [6.45, 7) is 2.10. The lowest BCUT2D eigenvalue weighted by molar-refractivity contribution is -0.121. The summed E-state index contributed by atoms with van der Waals surface area (Å²) in [4.78, 5) is 11.6. The van der Waals surface area contributed by atoms with E-state index in [1.807, 2.05) is 0 Å². The molecular formula is C16H24N2O4. The Morgan fingerprint density at radius 3 is 2.27 bits per heavy atom. The second-order valence-electron chi connectivity index (χ2n) is 4.71. The maximum Gasteiger partial charge on any atom is 0.240 e. The smallest absolute Gasteiger partial charge is 0.240 e. The van der Waals surface area contributed by atoms with Gasteiger partial charge in [0.2, 0.25) is 11.7 Å². The van der Waals surface area contributed by atoms with Gasteiger partial charge in [-0.2, -0.15) is 5.10 Å². The second kappa shape index (κ2) is 9.65. The molecule has 0 saturated carbocycles. The summed E-state index contributed by atoms with van der Waals surface area (Å²) in [6, 6.07) is 3.52. The molecule has 0 atom stereocenters. The van der Waals surface area contributed by atoms with E-state index < -0.39 is 0 Å². The van der Waals surface area contributed by atoms with Crippen molar-refractivity contribution in [2.45, 2.75) is 32.6 Å². The molecule has 0 aliphatic rings. The zero-order valence-electron chi connectivity index (χ0n) is 13.6. The molecule has 0 fully saturated rings. The number of hydrogen-bond acceptors (Lipinski definition) is 5. The maximum absolute atomic E-state index is 11.6. The van der Waals surface area contributed by atoms with Gasteiger partial charge in [0.1, 0.15) is 0 Å². The summed E-state index contributed by atoms with van der Waals surface area (Å²) in [6.07, 6.45) is 5.04. The molecule has 0 aromatic heterocycles. The molecule has 0 radical (unpaired) electrons. The predicted molar refractivity (Wildman–Crippen MR) is 86.0 cm³/mol. The molecule has 1 N–H and O–H groups in total. The third-order valence-electron chi connectivity index (χ3n) is 3.10. The standard InChI is InChI=1S/C16H24N2O4/c1-5-6-7-8-15(19)18-17-11-12-9-13(20-2)16(22-4)14(10-12)21-3/h9-11H,5-8H2,1-4H3,(H,18,19)/b17-11-. The molecule has 1 aromatic carbocycles. The van der Waals surface area contributed by atoms with Gasteiger partial charge in [0, 0.05) is 12.0 Å². The van der Waals surface area contributed by atoms with Crippen molar-refractivity contribution in [1.29, 1.82) is 0 Å². The third-order valence-corrected chi connectivity index (χ3v) is 3.10. The van der Waals surface area contributed by atoms with Gasteiger partial charge >= 0.3 is 0 Å². The maximum atomic E-state index is 11.6. The van der Waals surface area contributed by atoms with Crippen molar-refractivity contribution in [3.8, 4) is 17.2 Å². The molecular weight excluding hydrogens is 284 g/mol. The Morgan fingerprint density at radius 2 is 1.77 bits per heavy atom. The molecule has 1 aromatic rings. The minimum Gasteiger partial charge on any atom is -0.493 e. The molecule has 1 amide bonds. The van der Waals surface area contributed by atoms with Crippen LogP contribution < -0.4 is 19.6 Å². The molecule has 122 valence electrons. The number of benzene rings is 1. The topological polar surface area (TPSA) is 69.2 Å². The summed E-state index contributed by atoms with van der Waals surface area (Å²) < 4.78 is 15.8. The van der Waals surface area contributed by atoms with E-state index in [1.165, 1.54) is 0 Å². The monoisotopic (exact) mass is 308 g/mol. The van der Waals surface area contributed by atoms with Gasteiger partial charge in [0.25, 0.3) is 0 Å². The number of nitrogens with zero attached hydrogens (tertiary/aromatic N) is 1. The molecule has 0 bridgehead atoms. The van der Waals surface area contributed by atoms with Crippen LogP contribution in [0.5, 0.6) is 17.2 Å². The van der Waals surface area contributed by atoms with Crippen molar-refractivity contribution in [1.82, 2.24) is 5.43 Å². The lowest BCUT2D eigenvalue weighted by Crippen LogP contribution is -2.16. The first-order valence-electron chi connectivity index (χ1n) is 7.28. The van der Waals surface area contributed by atoms with Gasteiger partial charge in [0.15, 0.2) is 11.5 Å². The number of amides is 1. The van der Waals surface area contributed by atoms with E-state index in [0.717, 1.165) is 24.8 Å². The average Bonchev–Trinajstić information content (AvgIpc) is 2.54. The zero-order chi connectivity index (χ0) is 16.4. The van der Waals surface area contributed by atoms with Crippen molar-refractivity contribution in [2.24, 2.45) is 5.10 Å². The van der Waals surface area contributed by atoms with E-state index in [4.69, 9.17) is 14.2 Å². The number of rotatable bonds is 9. The Morgan fingerprint density at radius 1 is 1.14 bits per heavy atom. The van der Waals surface area contributed by atoms with Crippen molar-refractivity contribution < 1.29 is 19.0 Å². The molecule has 0 unspecified atom stereocenters. The third kappa shape index (κ3) is 5.27. The van der Waals surface area contributed by atoms with Crippen LogP contribution in [-0.4, -0.2) is 33.5 Å². The number of carbonyl (C=O) groups excluding carboxylic acids is 1. The van der Waals surface area contributed by atoms with Crippen LogP contribution in [0.4, 0.5) is 0 Å². The van der Waals surface area contributed by atoms with Crippen LogP contribution in [0.3, 0.4) is 0 Å². The molecule has 1 rings (SSSR count). The molecule has 0 saturated heterocycles. The van der Waals surface area contributed by atoms with E-state index >= 15 is 0 Å². The van der Waals surface area contributed by atoms with Gasteiger partial charge in [-0.15, -0.1) is 0 Å². The van der Waals surface area contributed by atoms with E-state index in [0.29, 0.717) is 23.7 Å². The second-order valence-corrected chi connectivity index (χ2v) is 4.71. The van der Waals surface area contributed by atoms with Crippen LogP contribution >= 0.6 is 0 Å². The Kier molecular flexibility index (Phi) is 7.81. The van der Waals surface area contributed by atoms with Crippen LogP contribution in [0.25, 0.3) is 0 Å². The van der Waals surface area contributed by atoms with Crippen LogP contribution in [0.2, 0.25) is 0 Å². The van der Waals surface area contributed by atoms with Gasteiger partial charge < -0.3 is 14.2 Å². The first-order valence-corrected chi connectivity index (χ1v) is 7.28. The number of unbranched alkanes of at least 4 members (excludes halogenated alkanes) is 2. The number of ether oxygens (including phenoxy) is 3. The zero-order valence-corrected chi connectivity index (χ0v) is 13.6. The van der Waals surface area contributed by atoms with Crippen LogP contribution in [0.15, 0.2) is 17.2 Å². The highest BCUT2D eigenvalue weighted by molar-refractivity contribution is 5.84. The van der Waals surface area contributed by atoms with Crippen molar-refractivity contribution >= 4 is 12.1 Å². The van der Waals surface area contributed by atoms with Gasteiger partial charge in [-0.1, -0.05) is 19.8 Å². The molecule has 0 aliphatic heterocycles. The molecule has 0 spiro atoms. The fraction of sp³-hybridized carbons (Fsp3) is 0.500. The lowest BCUT2D eigenvalue weighted by Gasteiger charge is -2.12. The van der Waals surface area contributed by atoms with Gasteiger partial charge in [-0.25, -0.2) is 5.43 Å². The van der Waals surface area contributed by atoms with Crippen LogP contribution in [-0.2, 0) is 4.79 Å². The molecule has 6 heteroatoms. The highest BCUT2D eigenvalue weighted by Crippen LogP contribution is 2.37. The number of methoxy groups -OCH3 is 3. The number of carbonyl (C=O) groups is 1. The Balaban J connectivity index is 2.72. The van der Waals surface area contributed by atoms with E-state index in [1.54, 1.807) is 39.7 Å². The predicted octanol–water partition coefficient (Wildman–Crippen LogP) is 2.74. The van der Waals surface area contributed by atoms with Crippen molar-refractivity contribution in [2.75, 3.05) is 21.3 Å².